The second kappa shape index (κ2) is 4.80. The minimum absolute atomic E-state index is 0.181. The van der Waals surface area contributed by atoms with Crippen molar-refractivity contribution >= 4 is 27.7 Å². The molecule has 5 nitrogen and oxygen atoms in total. The average Bonchev–Trinajstić information content (AvgIpc) is 2.94. The van der Waals surface area contributed by atoms with E-state index in [9.17, 15) is 4.79 Å². The van der Waals surface area contributed by atoms with Gasteiger partial charge in [-0.1, -0.05) is 28.1 Å². The van der Waals surface area contributed by atoms with Crippen LogP contribution in [-0.4, -0.2) is 20.5 Å². The first-order valence-corrected chi connectivity index (χ1v) is 7.71. The third kappa shape index (κ3) is 2.01. The Morgan fingerprint density at radius 2 is 2.05 bits per heavy atom. The maximum absolute atomic E-state index is 12.4. The molecule has 0 unspecified atom stereocenters. The molecule has 1 aliphatic carbocycles. The van der Waals surface area contributed by atoms with Gasteiger partial charge in [-0.2, -0.15) is 10.1 Å². The lowest BCUT2D eigenvalue weighted by Crippen LogP contribution is -2.31. The fourth-order valence-electron chi connectivity index (χ4n) is 3.05. The third-order valence-electron chi connectivity index (χ3n) is 4.00. The Labute approximate surface area is 130 Å². The minimum atomic E-state index is -0.181. The molecule has 0 bridgehead atoms. The Morgan fingerprint density at radius 1 is 1.24 bits per heavy atom. The number of anilines is 1. The highest BCUT2D eigenvalue weighted by Crippen LogP contribution is 2.39. The van der Waals surface area contributed by atoms with Crippen LogP contribution in [0.5, 0.6) is 0 Å². The SMILES string of the molecule is O=C1CCCC2=C1[C@@H](c1ccc(Br)cc1)n1ncnc1N2. The number of carbonyl (C=O) groups is 1. The number of fused-ring (bicyclic) bond motifs is 1. The average molecular weight is 345 g/mol. The molecule has 1 aromatic heterocycles. The summed E-state index contributed by atoms with van der Waals surface area (Å²) in [5.41, 5.74) is 2.88. The lowest BCUT2D eigenvalue weighted by molar-refractivity contribution is -0.116. The molecule has 2 aromatic rings. The topological polar surface area (TPSA) is 59.8 Å². The van der Waals surface area contributed by atoms with Crippen molar-refractivity contribution in [1.82, 2.24) is 14.8 Å². The summed E-state index contributed by atoms with van der Waals surface area (Å²) >= 11 is 3.45. The molecular weight excluding hydrogens is 332 g/mol. The minimum Gasteiger partial charge on any atom is -0.328 e. The molecular formula is C15H13BrN4O. The van der Waals surface area contributed by atoms with Crippen molar-refractivity contribution in [3.05, 3.63) is 51.9 Å². The molecule has 1 aliphatic heterocycles. The van der Waals surface area contributed by atoms with Gasteiger partial charge < -0.3 is 5.32 Å². The number of aromatic nitrogens is 3. The summed E-state index contributed by atoms with van der Waals surface area (Å²) in [4.78, 5) is 16.7. The Morgan fingerprint density at radius 3 is 2.86 bits per heavy atom. The Balaban J connectivity index is 1.91. The second-order valence-electron chi connectivity index (χ2n) is 5.28. The van der Waals surface area contributed by atoms with E-state index in [0.717, 1.165) is 34.1 Å². The molecule has 1 aromatic carbocycles. The number of nitrogens with zero attached hydrogens (tertiary/aromatic N) is 3. The number of allylic oxidation sites excluding steroid dienone is 2. The van der Waals surface area contributed by atoms with Crippen LogP contribution in [0.4, 0.5) is 5.95 Å². The molecule has 2 aliphatic rings. The molecule has 2 heterocycles. The number of halogens is 1. The quantitative estimate of drug-likeness (QED) is 0.863. The van der Waals surface area contributed by atoms with E-state index in [-0.39, 0.29) is 11.8 Å². The number of Topliss-reactive ketones (excluding diaryl/α,β-unsaturated/α-hetero) is 1. The predicted molar refractivity (Wildman–Crippen MR) is 81.8 cm³/mol. The van der Waals surface area contributed by atoms with Crippen LogP contribution in [0.1, 0.15) is 30.9 Å². The zero-order valence-electron chi connectivity index (χ0n) is 11.2. The molecule has 0 fully saturated rings. The number of nitrogens with one attached hydrogen (secondary N) is 1. The molecule has 0 saturated carbocycles. The van der Waals surface area contributed by atoms with Crippen molar-refractivity contribution < 1.29 is 4.79 Å². The number of hydrogen-bond donors (Lipinski definition) is 1. The highest BCUT2D eigenvalue weighted by molar-refractivity contribution is 9.10. The van der Waals surface area contributed by atoms with Gasteiger partial charge in [-0.3, -0.25) is 4.79 Å². The van der Waals surface area contributed by atoms with Gasteiger partial charge in [-0.05, 0) is 30.5 Å². The van der Waals surface area contributed by atoms with Crippen LogP contribution in [0.2, 0.25) is 0 Å². The zero-order chi connectivity index (χ0) is 14.4. The Kier molecular flexibility index (Phi) is 2.92. The van der Waals surface area contributed by atoms with Crippen LogP contribution in [0.3, 0.4) is 0 Å². The first-order chi connectivity index (χ1) is 10.2. The fourth-order valence-corrected chi connectivity index (χ4v) is 3.31. The van der Waals surface area contributed by atoms with Gasteiger partial charge in [-0.25, -0.2) is 4.68 Å². The standard InChI is InChI=1S/C15H13BrN4O/c16-10-6-4-9(5-7-10)14-13-11(2-1-3-12(13)21)19-15-17-8-18-20(14)15/h4-8,14H,1-3H2,(H,17,18,19)/t14-/m1/s1. The van der Waals surface area contributed by atoms with Crippen molar-refractivity contribution in [3.8, 4) is 0 Å². The van der Waals surface area contributed by atoms with Crippen molar-refractivity contribution in [2.75, 3.05) is 5.32 Å². The molecule has 21 heavy (non-hydrogen) atoms. The molecule has 106 valence electrons. The first kappa shape index (κ1) is 12.8. The zero-order valence-corrected chi connectivity index (χ0v) is 12.8. The lowest BCUT2D eigenvalue weighted by atomic mass is 9.85. The molecule has 0 saturated heterocycles. The van der Waals surface area contributed by atoms with Crippen LogP contribution >= 0.6 is 15.9 Å². The molecule has 0 amide bonds. The van der Waals surface area contributed by atoms with E-state index in [2.05, 4.69) is 31.3 Å². The summed E-state index contributed by atoms with van der Waals surface area (Å²) in [6.07, 6.45) is 3.92. The molecule has 0 spiro atoms. The molecule has 6 heteroatoms. The Hall–Kier alpha value is -1.95. The third-order valence-corrected chi connectivity index (χ3v) is 4.52. The first-order valence-electron chi connectivity index (χ1n) is 6.92. The predicted octanol–water partition coefficient (Wildman–Crippen LogP) is 3.06. The van der Waals surface area contributed by atoms with Crippen LogP contribution in [0.15, 0.2) is 46.3 Å². The van der Waals surface area contributed by atoms with E-state index in [1.807, 2.05) is 24.3 Å². The van der Waals surface area contributed by atoms with Crippen LogP contribution in [-0.2, 0) is 4.79 Å². The van der Waals surface area contributed by atoms with Crippen molar-refractivity contribution in [1.29, 1.82) is 0 Å². The van der Waals surface area contributed by atoms with E-state index < -0.39 is 0 Å². The van der Waals surface area contributed by atoms with Crippen LogP contribution in [0.25, 0.3) is 0 Å². The summed E-state index contributed by atoms with van der Waals surface area (Å²) in [6.45, 7) is 0. The van der Waals surface area contributed by atoms with Gasteiger partial charge >= 0.3 is 0 Å². The number of carbonyl (C=O) groups excluding carboxylic acids is 1. The molecule has 1 atom stereocenters. The summed E-state index contributed by atoms with van der Waals surface area (Å²) in [7, 11) is 0. The smallest absolute Gasteiger partial charge is 0.226 e. The van der Waals surface area contributed by atoms with E-state index in [4.69, 9.17) is 0 Å². The van der Waals surface area contributed by atoms with Gasteiger partial charge in [0.2, 0.25) is 5.95 Å². The lowest BCUT2D eigenvalue weighted by Gasteiger charge is -2.32. The van der Waals surface area contributed by atoms with Gasteiger partial charge in [0.15, 0.2) is 5.78 Å². The van der Waals surface area contributed by atoms with Crippen LogP contribution in [0, 0.1) is 0 Å². The van der Waals surface area contributed by atoms with Crippen molar-refractivity contribution in [3.63, 3.8) is 0 Å². The molecule has 0 radical (unpaired) electrons. The van der Waals surface area contributed by atoms with E-state index >= 15 is 0 Å². The fraction of sp³-hybridized carbons (Fsp3) is 0.267. The number of ketones is 1. The number of benzene rings is 1. The largest absolute Gasteiger partial charge is 0.328 e. The molecule has 1 N–H and O–H groups in total. The van der Waals surface area contributed by atoms with Gasteiger partial charge in [0.25, 0.3) is 0 Å². The Bertz CT molecular complexity index is 747. The van der Waals surface area contributed by atoms with E-state index in [0.29, 0.717) is 12.4 Å². The van der Waals surface area contributed by atoms with Gasteiger partial charge in [0, 0.05) is 22.2 Å². The maximum Gasteiger partial charge on any atom is 0.226 e. The van der Waals surface area contributed by atoms with Crippen LogP contribution < -0.4 is 5.32 Å². The highest BCUT2D eigenvalue weighted by Gasteiger charge is 2.35. The number of rotatable bonds is 1. The van der Waals surface area contributed by atoms with Crippen molar-refractivity contribution in [2.45, 2.75) is 25.3 Å². The monoisotopic (exact) mass is 344 g/mol. The normalized spacial score (nSPS) is 20.8. The summed E-state index contributed by atoms with van der Waals surface area (Å²) < 4.78 is 2.81. The molecule has 4 rings (SSSR count). The van der Waals surface area contributed by atoms with Gasteiger partial charge in [-0.15, -0.1) is 0 Å². The number of hydrogen-bond acceptors (Lipinski definition) is 4. The van der Waals surface area contributed by atoms with Gasteiger partial charge in [0.05, 0.1) is 0 Å². The summed E-state index contributed by atoms with van der Waals surface area (Å²) in [6, 6.07) is 7.85. The second-order valence-corrected chi connectivity index (χ2v) is 6.19. The van der Waals surface area contributed by atoms with Gasteiger partial charge in [0.1, 0.15) is 12.4 Å². The highest BCUT2D eigenvalue weighted by atomic mass is 79.9. The maximum atomic E-state index is 12.4. The van der Waals surface area contributed by atoms with E-state index in [1.54, 1.807) is 4.68 Å². The summed E-state index contributed by atoms with van der Waals surface area (Å²) in [5.74, 6) is 0.911. The van der Waals surface area contributed by atoms with Crippen molar-refractivity contribution in [2.24, 2.45) is 0 Å². The summed E-state index contributed by atoms with van der Waals surface area (Å²) in [5, 5.41) is 7.57. The van der Waals surface area contributed by atoms with E-state index in [1.165, 1.54) is 6.33 Å².